The van der Waals surface area contributed by atoms with E-state index in [2.05, 4.69) is 24.2 Å². The molecule has 0 aliphatic heterocycles. The average molecular weight is 369 g/mol. The van der Waals surface area contributed by atoms with Crippen molar-refractivity contribution in [3.05, 3.63) is 82.1 Å². The van der Waals surface area contributed by atoms with Gasteiger partial charge in [0.1, 0.15) is 5.56 Å². The third-order valence-corrected chi connectivity index (χ3v) is 4.76. The van der Waals surface area contributed by atoms with Crippen LogP contribution >= 0.6 is 11.6 Å². The molecule has 26 heavy (non-hydrogen) atoms. The van der Waals surface area contributed by atoms with Crippen LogP contribution in [0.3, 0.4) is 0 Å². The minimum Gasteiger partial charge on any atom is -0.478 e. The highest BCUT2D eigenvalue weighted by molar-refractivity contribution is 6.30. The predicted molar refractivity (Wildman–Crippen MR) is 103 cm³/mol. The van der Waals surface area contributed by atoms with Crippen LogP contribution in [0, 0.1) is 0 Å². The lowest BCUT2D eigenvalue weighted by Gasteiger charge is -2.10. The highest BCUT2D eigenvalue weighted by atomic mass is 35.5. The first-order chi connectivity index (χ1) is 12.5. The molecule has 0 aliphatic rings. The summed E-state index contributed by atoms with van der Waals surface area (Å²) >= 11 is 6.11. The van der Waals surface area contributed by atoms with Gasteiger partial charge in [-0.3, -0.25) is 0 Å². The predicted octanol–water partition coefficient (Wildman–Crippen LogP) is 5.13. The largest absolute Gasteiger partial charge is 0.478 e. The van der Waals surface area contributed by atoms with Gasteiger partial charge < -0.3 is 5.11 Å². The summed E-state index contributed by atoms with van der Waals surface area (Å²) in [4.78, 5) is 12.0. The number of benzene rings is 2. The molecule has 0 amide bonds. The van der Waals surface area contributed by atoms with Crippen LogP contribution in [-0.4, -0.2) is 20.9 Å². The Bertz CT molecular complexity index is 919. The van der Waals surface area contributed by atoms with E-state index in [0.717, 1.165) is 5.69 Å². The van der Waals surface area contributed by atoms with Crippen LogP contribution in [0.15, 0.2) is 54.6 Å². The second-order valence-electron chi connectivity index (χ2n) is 6.33. The summed E-state index contributed by atoms with van der Waals surface area (Å²) in [5.74, 6) is -0.771. The van der Waals surface area contributed by atoms with Crippen LogP contribution in [0.25, 0.3) is 5.69 Å². The fourth-order valence-corrected chi connectivity index (χ4v) is 3.42. The van der Waals surface area contributed by atoms with Crippen LogP contribution < -0.4 is 0 Å². The third-order valence-electron chi connectivity index (χ3n) is 4.52. The average Bonchev–Trinajstić information content (AvgIpc) is 3.01. The molecule has 2 aromatic carbocycles. The van der Waals surface area contributed by atoms with Crippen LogP contribution in [0.4, 0.5) is 0 Å². The molecule has 0 bridgehead atoms. The van der Waals surface area contributed by atoms with Crippen molar-refractivity contribution in [2.24, 2.45) is 0 Å². The van der Waals surface area contributed by atoms with Gasteiger partial charge in [0.2, 0.25) is 0 Å². The quantitative estimate of drug-likeness (QED) is 0.656. The Morgan fingerprint density at radius 3 is 2.54 bits per heavy atom. The van der Waals surface area contributed by atoms with Gasteiger partial charge in [-0.05, 0) is 42.5 Å². The lowest BCUT2D eigenvalue weighted by molar-refractivity contribution is 0.0694. The molecule has 0 saturated carbocycles. The van der Waals surface area contributed by atoms with Crippen LogP contribution in [0.5, 0.6) is 0 Å². The van der Waals surface area contributed by atoms with Crippen LogP contribution in [0.1, 0.15) is 47.1 Å². The molecule has 1 atom stereocenters. The van der Waals surface area contributed by atoms with Crippen molar-refractivity contribution in [3.8, 4) is 5.69 Å². The summed E-state index contributed by atoms with van der Waals surface area (Å²) in [7, 11) is 0. The molecule has 4 nitrogen and oxygen atoms in total. The van der Waals surface area contributed by atoms with E-state index in [1.165, 1.54) is 5.56 Å². The van der Waals surface area contributed by atoms with E-state index in [0.29, 0.717) is 34.8 Å². The maximum atomic E-state index is 12.0. The molecule has 3 rings (SSSR count). The summed E-state index contributed by atoms with van der Waals surface area (Å²) in [5.41, 5.74) is 3.53. The van der Waals surface area contributed by atoms with Gasteiger partial charge in [0.05, 0.1) is 17.1 Å². The first-order valence-electron chi connectivity index (χ1n) is 8.66. The molecular formula is C21H21ClN2O2. The molecule has 0 aliphatic carbocycles. The summed E-state index contributed by atoms with van der Waals surface area (Å²) in [6.07, 6.45) is 1.13. The van der Waals surface area contributed by atoms with Gasteiger partial charge in [-0.1, -0.05) is 61.8 Å². The molecule has 1 heterocycles. The minimum atomic E-state index is -0.939. The summed E-state index contributed by atoms with van der Waals surface area (Å²) in [6, 6.07) is 17.4. The molecule has 0 spiro atoms. The minimum absolute atomic E-state index is 0.168. The Hall–Kier alpha value is -2.59. The van der Waals surface area contributed by atoms with E-state index in [9.17, 15) is 9.90 Å². The van der Waals surface area contributed by atoms with Gasteiger partial charge in [0, 0.05) is 5.02 Å². The zero-order valence-corrected chi connectivity index (χ0v) is 15.6. The van der Waals surface area contributed by atoms with Gasteiger partial charge in [0.15, 0.2) is 0 Å². The Balaban J connectivity index is 2.06. The molecule has 1 aromatic heterocycles. The SMILES string of the molecule is CCc1c(C(=O)O)c(CC(C)c2ccccc2)nn1-c1cccc(Cl)c1. The summed E-state index contributed by atoms with van der Waals surface area (Å²) in [5, 5.41) is 15.0. The fourth-order valence-electron chi connectivity index (χ4n) is 3.23. The zero-order chi connectivity index (χ0) is 18.7. The standard InChI is InChI=1S/C21H21ClN2O2/c1-3-19-20(21(25)26)18(12-14(2)15-8-5-4-6-9-15)23-24(19)17-11-7-10-16(22)13-17/h4-11,13-14H,3,12H2,1-2H3,(H,25,26). The molecule has 0 radical (unpaired) electrons. The van der Waals surface area contributed by atoms with Crippen molar-refractivity contribution >= 4 is 17.6 Å². The van der Waals surface area contributed by atoms with E-state index >= 15 is 0 Å². The molecule has 134 valence electrons. The number of halogens is 1. The Morgan fingerprint density at radius 1 is 1.19 bits per heavy atom. The Kier molecular flexibility index (Phi) is 5.43. The molecule has 5 heteroatoms. The third kappa shape index (κ3) is 3.65. The van der Waals surface area contributed by atoms with Gasteiger partial charge in [-0.2, -0.15) is 5.10 Å². The van der Waals surface area contributed by atoms with Crippen LogP contribution in [0.2, 0.25) is 5.02 Å². The lowest BCUT2D eigenvalue weighted by Crippen LogP contribution is -2.07. The van der Waals surface area contributed by atoms with Crippen molar-refractivity contribution in [1.29, 1.82) is 0 Å². The molecule has 1 N–H and O–H groups in total. The van der Waals surface area contributed by atoms with Crippen LogP contribution in [-0.2, 0) is 12.8 Å². The number of hydrogen-bond donors (Lipinski definition) is 1. The lowest BCUT2D eigenvalue weighted by atomic mass is 9.94. The van der Waals surface area contributed by atoms with Crippen molar-refractivity contribution in [1.82, 2.24) is 9.78 Å². The number of aromatic carboxylic acids is 1. The molecule has 0 saturated heterocycles. The van der Waals surface area contributed by atoms with Crippen molar-refractivity contribution < 1.29 is 9.90 Å². The fraction of sp³-hybridized carbons (Fsp3) is 0.238. The van der Waals surface area contributed by atoms with Gasteiger partial charge >= 0.3 is 5.97 Å². The van der Waals surface area contributed by atoms with E-state index in [4.69, 9.17) is 11.6 Å². The van der Waals surface area contributed by atoms with Gasteiger partial charge in [-0.15, -0.1) is 0 Å². The number of aromatic nitrogens is 2. The first kappa shape index (κ1) is 18.2. The van der Waals surface area contributed by atoms with E-state index in [1.54, 1.807) is 16.8 Å². The van der Waals surface area contributed by atoms with E-state index in [-0.39, 0.29) is 5.92 Å². The number of nitrogens with zero attached hydrogens (tertiary/aromatic N) is 2. The van der Waals surface area contributed by atoms with E-state index < -0.39 is 5.97 Å². The Morgan fingerprint density at radius 2 is 1.92 bits per heavy atom. The highest BCUT2D eigenvalue weighted by Gasteiger charge is 2.24. The molecule has 0 fully saturated rings. The Labute approximate surface area is 158 Å². The van der Waals surface area contributed by atoms with Crippen molar-refractivity contribution in [3.63, 3.8) is 0 Å². The smallest absolute Gasteiger partial charge is 0.339 e. The number of carboxylic acids is 1. The zero-order valence-electron chi connectivity index (χ0n) is 14.8. The van der Waals surface area contributed by atoms with E-state index in [1.807, 2.05) is 37.3 Å². The molecule has 1 unspecified atom stereocenters. The first-order valence-corrected chi connectivity index (χ1v) is 9.04. The second kappa shape index (κ2) is 7.75. The number of hydrogen-bond acceptors (Lipinski definition) is 2. The maximum absolute atomic E-state index is 12.0. The second-order valence-corrected chi connectivity index (χ2v) is 6.77. The van der Waals surface area contributed by atoms with Crippen molar-refractivity contribution in [2.45, 2.75) is 32.6 Å². The molecule has 3 aromatic rings. The molecular weight excluding hydrogens is 348 g/mol. The number of rotatable bonds is 6. The monoisotopic (exact) mass is 368 g/mol. The number of carboxylic acid groups (broad SMARTS) is 1. The summed E-state index contributed by atoms with van der Waals surface area (Å²) in [6.45, 7) is 4.03. The van der Waals surface area contributed by atoms with Gasteiger partial charge in [0.25, 0.3) is 0 Å². The van der Waals surface area contributed by atoms with Gasteiger partial charge in [-0.25, -0.2) is 9.48 Å². The normalized spacial score (nSPS) is 12.1. The summed E-state index contributed by atoms with van der Waals surface area (Å²) < 4.78 is 1.71. The topological polar surface area (TPSA) is 55.1 Å². The highest BCUT2D eigenvalue weighted by Crippen LogP contribution is 2.26. The maximum Gasteiger partial charge on any atom is 0.339 e. The van der Waals surface area contributed by atoms with Crippen molar-refractivity contribution in [2.75, 3.05) is 0 Å². The number of carbonyl (C=O) groups is 1.